The Morgan fingerprint density at radius 1 is 0.571 bits per heavy atom. The van der Waals surface area contributed by atoms with Crippen molar-refractivity contribution in [2.45, 2.75) is 154 Å². The third kappa shape index (κ3) is 38.0. The van der Waals surface area contributed by atoms with Gasteiger partial charge in [0.15, 0.2) is 6.10 Å². The van der Waals surface area contributed by atoms with E-state index in [0.29, 0.717) is 19.3 Å². The van der Waals surface area contributed by atoms with Crippen LogP contribution in [0, 0.1) is 0 Å². The predicted octanol–water partition coefficient (Wildman–Crippen LogP) is 9.63. The second-order valence-electron chi connectivity index (χ2n) is 13.4. The SMILES string of the molecule is CC/C=C\C/C=C\C/C=C\CCCCCCCC(=O)OC[C@H](COP(=O)(O)OC[C@@H](O)CO)OC(=O)CCC/C=C\C/C=C\C/C=C\C/C=C\CC[C@H](O)CC. The topological polar surface area (TPSA) is 169 Å². The molecule has 0 aromatic heterocycles. The van der Waals surface area contributed by atoms with Gasteiger partial charge >= 0.3 is 19.8 Å². The van der Waals surface area contributed by atoms with Crippen molar-refractivity contribution in [1.82, 2.24) is 0 Å². The minimum atomic E-state index is -4.65. The molecule has 0 saturated heterocycles. The minimum absolute atomic E-state index is 0.0861. The zero-order valence-corrected chi connectivity index (χ0v) is 35.1. The Bertz CT molecular complexity index is 1220. The van der Waals surface area contributed by atoms with Crippen LogP contribution < -0.4 is 0 Å². The van der Waals surface area contributed by atoms with Crippen LogP contribution in [0.2, 0.25) is 0 Å². The van der Waals surface area contributed by atoms with E-state index in [0.717, 1.165) is 89.9 Å². The first-order chi connectivity index (χ1) is 27.1. The third-order valence-corrected chi connectivity index (χ3v) is 9.15. The Kier molecular flexibility index (Phi) is 36.9. The highest BCUT2D eigenvalue weighted by Crippen LogP contribution is 2.43. The van der Waals surface area contributed by atoms with E-state index < -0.39 is 51.8 Å². The number of aliphatic hydroxyl groups excluding tert-OH is 3. The number of phosphoric ester groups is 1. The van der Waals surface area contributed by atoms with Gasteiger partial charge in [0.05, 0.1) is 25.9 Å². The molecule has 0 aliphatic carbocycles. The van der Waals surface area contributed by atoms with Gasteiger partial charge in [-0.25, -0.2) is 4.57 Å². The van der Waals surface area contributed by atoms with Crippen LogP contribution in [0.4, 0.5) is 0 Å². The lowest BCUT2D eigenvalue weighted by atomic mass is 10.1. The maximum atomic E-state index is 12.6. The Morgan fingerprint density at radius 3 is 1.62 bits per heavy atom. The van der Waals surface area contributed by atoms with Crippen molar-refractivity contribution in [3.05, 3.63) is 85.1 Å². The summed E-state index contributed by atoms with van der Waals surface area (Å²) in [6.07, 6.45) is 42.1. The number of carbonyl (C=O) groups is 2. The summed E-state index contributed by atoms with van der Waals surface area (Å²) >= 11 is 0. The Morgan fingerprint density at radius 2 is 1.05 bits per heavy atom. The first kappa shape index (κ1) is 53.1. The van der Waals surface area contributed by atoms with E-state index in [-0.39, 0.29) is 25.6 Å². The molecule has 0 fully saturated rings. The lowest BCUT2D eigenvalue weighted by Crippen LogP contribution is -2.29. The molecule has 1 unspecified atom stereocenters. The number of allylic oxidation sites excluding steroid dienone is 14. The van der Waals surface area contributed by atoms with Gasteiger partial charge < -0.3 is 29.7 Å². The van der Waals surface area contributed by atoms with E-state index in [1.54, 1.807) is 0 Å². The molecule has 4 N–H and O–H groups in total. The minimum Gasteiger partial charge on any atom is -0.462 e. The molecule has 320 valence electrons. The number of carbonyl (C=O) groups excluding carboxylic acids is 2. The van der Waals surface area contributed by atoms with Crippen LogP contribution in [0.1, 0.15) is 136 Å². The number of ether oxygens (including phenoxy) is 2. The number of esters is 2. The molecular formula is C44H73O11P. The fourth-order valence-electron chi connectivity index (χ4n) is 4.86. The van der Waals surface area contributed by atoms with Crippen LogP contribution in [-0.2, 0) is 32.7 Å². The van der Waals surface area contributed by atoms with Crippen molar-refractivity contribution >= 4 is 19.8 Å². The number of phosphoric acid groups is 1. The van der Waals surface area contributed by atoms with Gasteiger partial charge in [0.2, 0.25) is 0 Å². The largest absolute Gasteiger partial charge is 0.472 e. The molecule has 12 heteroatoms. The smallest absolute Gasteiger partial charge is 0.462 e. The molecule has 56 heavy (non-hydrogen) atoms. The van der Waals surface area contributed by atoms with Crippen molar-refractivity contribution in [1.29, 1.82) is 0 Å². The third-order valence-electron chi connectivity index (χ3n) is 8.20. The normalized spacial score (nSPS) is 15.3. The molecule has 0 saturated carbocycles. The molecule has 0 aliphatic rings. The van der Waals surface area contributed by atoms with Gasteiger partial charge in [-0.1, -0.05) is 118 Å². The fraction of sp³-hybridized carbons (Fsp3) is 0.636. The first-order valence-electron chi connectivity index (χ1n) is 20.6. The number of aliphatic hydroxyl groups is 3. The van der Waals surface area contributed by atoms with E-state index in [9.17, 15) is 29.3 Å². The lowest BCUT2D eigenvalue weighted by molar-refractivity contribution is -0.161. The van der Waals surface area contributed by atoms with Crippen LogP contribution in [0.5, 0.6) is 0 Å². The number of unbranched alkanes of at least 4 members (excludes halogenated alkanes) is 6. The van der Waals surface area contributed by atoms with E-state index in [4.69, 9.17) is 19.1 Å². The highest BCUT2D eigenvalue weighted by atomic mass is 31.2. The molecule has 0 spiro atoms. The van der Waals surface area contributed by atoms with Crippen LogP contribution in [0.15, 0.2) is 85.1 Å². The Labute approximate surface area is 337 Å². The van der Waals surface area contributed by atoms with Crippen molar-refractivity contribution in [2.24, 2.45) is 0 Å². The predicted molar refractivity (Wildman–Crippen MR) is 225 cm³/mol. The zero-order chi connectivity index (χ0) is 41.4. The maximum absolute atomic E-state index is 12.6. The average molecular weight is 809 g/mol. The lowest BCUT2D eigenvalue weighted by Gasteiger charge is -2.20. The summed E-state index contributed by atoms with van der Waals surface area (Å²) in [7, 11) is -4.65. The van der Waals surface area contributed by atoms with E-state index in [1.807, 2.05) is 19.1 Å². The molecular weight excluding hydrogens is 735 g/mol. The molecule has 0 aliphatic heterocycles. The summed E-state index contributed by atoms with van der Waals surface area (Å²) in [5.74, 6) is -1.04. The van der Waals surface area contributed by atoms with Gasteiger partial charge in [-0.3, -0.25) is 18.6 Å². The quantitative estimate of drug-likeness (QED) is 0.0204. The van der Waals surface area contributed by atoms with Crippen molar-refractivity contribution in [3.63, 3.8) is 0 Å². The molecule has 0 heterocycles. The van der Waals surface area contributed by atoms with Crippen molar-refractivity contribution in [3.8, 4) is 0 Å². The van der Waals surface area contributed by atoms with Crippen molar-refractivity contribution < 1.29 is 52.9 Å². The molecule has 0 radical (unpaired) electrons. The fourth-order valence-corrected chi connectivity index (χ4v) is 5.65. The summed E-state index contributed by atoms with van der Waals surface area (Å²) in [6.45, 7) is 1.86. The van der Waals surface area contributed by atoms with Crippen molar-refractivity contribution in [2.75, 3.05) is 26.4 Å². The Hall–Kier alpha value is -2.89. The molecule has 0 rings (SSSR count). The summed E-state index contributed by atoms with van der Waals surface area (Å²) in [6, 6.07) is 0. The van der Waals surface area contributed by atoms with Gasteiger partial charge in [0.25, 0.3) is 0 Å². The monoisotopic (exact) mass is 808 g/mol. The van der Waals surface area contributed by atoms with Crippen LogP contribution >= 0.6 is 7.82 Å². The van der Waals surface area contributed by atoms with Gasteiger partial charge in [-0.2, -0.15) is 0 Å². The number of rotatable bonds is 37. The second-order valence-corrected chi connectivity index (χ2v) is 14.9. The molecule has 0 amide bonds. The highest BCUT2D eigenvalue weighted by molar-refractivity contribution is 7.47. The molecule has 0 aromatic carbocycles. The highest BCUT2D eigenvalue weighted by Gasteiger charge is 2.27. The number of hydrogen-bond acceptors (Lipinski definition) is 10. The van der Waals surface area contributed by atoms with Crippen LogP contribution in [0.25, 0.3) is 0 Å². The van der Waals surface area contributed by atoms with Gasteiger partial charge in [-0.15, -0.1) is 0 Å². The van der Waals surface area contributed by atoms with Crippen LogP contribution in [0.3, 0.4) is 0 Å². The standard InChI is InChI=1S/C44H73O11P/c1-3-5-6-7-8-9-10-11-12-16-19-22-25-28-31-34-43(48)52-38-42(39-54-56(50,51)53-37-41(47)36-45)55-44(49)35-32-29-26-23-20-17-14-13-15-18-21-24-27-30-33-40(46)4-2/h5-6,8-9,11-12,14-15,17-18,23-24,26-27,40-42,45-47H,3-4,7,10,13,16,19-22,25,28-39H2,1-2H3,(H,50,51)/b6-5-,9-8-,12-11-,17-14-,18-15-,26-23-,27-24-/t40-,41+,42-/m1/s1. The molecule has 0 bridgehead atoms. The Balaban J connectivity index is 4.48. The number of hydrogen-bond donors (Lipinski definition) is 4. The van der Waals surface area contributed by atoms with Crippen LogP contribution in [-0.4, -0.2) is 76.9 Å². The summed E-state index contributed by atoms with van der Waals surface area (Å²) < 4.78 is 32.6. The summed E-state index contributed by atoms with van der Waals surface area (Å²) in [4.78, 5) is 34.9. The first-order valence-corrected chi connectivity index (χ1v) is 22.1. The van der Waals surface area contributed by atoms with E-state index in [2.05, 4.69) is 84.4 Å². The maximum Gasteiger partial charge on any atom is 0.472 e. The van der Waals surface area contributed by atoms with E-state index >= 15 is 0 Å². The summed E-state index contributed by atoms with van der Waals surface area (Å²) in [5, 5.41) is 27.9. The van der Waals surface area contributed by atoms with Gasteiger partial charge in [-0.05, 0) is 89.9 Å². The van der Waals surface area contributed by atoms with E-state index in [1.165, 1.54) is 0 Å². The molecule has 11 nitrogen and oxygen atoms in total. The van der Waals surface area contributed by atoms with Gasteiger partial charge in [0.1, 0.15) is 12.7 Å². The average Bonchev–Trinajstić information content (AvgIpc) is 3.19. The molecule has 0 aromatic rings. The zero-order valence-electron chi connectivity index (χ0n) is 34.2. The molecule has 4 atom stereocenters. The van der Waals surface area contributed by atoms with Gasteiger partial charge in [0, 0.05) is 12.8 Å². The summed E-state index contributed by atoms with van der Waals surface area (Å²) in [5.41, 5.74) is 0. The second kappa shape index (κ2) is 39.0.